The van der Waals surface area contributed by atoms with Crippen molar-refractivity contribution >= 4 is 21.6 Å². The van der Waals surface area contributed by atoms with Crippen LogP contribution in [-0.4, -0.2) is 50.9 Å². The summed E-state index contributed by atoms with van der Waals surface area (Å²) in [6, 6.07) is 6.83. The number of nitriles is 1. The molecule has 0 aromatic heterocycles. The van der Waals surface area contributed by atoms with E-state index in [0.717, 1.165) is 38.5 Å². The van der Waals surface area contributed by atoms with Crippen molar-refractivity contribution < 1.29 is 17.9 Å². The molecule has 1 aliphatic heterocycles. The number of hydrogen-bond donors (Lipinski definition) is 2. The number of sulfonamides is 1. The van der Waals surface area contributed by atoms with Crippen LogP contribution in [0.5, 0.6) is 5.75 Å². The van der Waals surface area contributed by atoms with E-state index in [1.54, 1.807) is 13.0 Å². The molecule has 3 rings (SSSR count). The predicted octanol–water partition coefficient (Wildman–Crippen LogP) is 2.48. The molecule has 8 nitrogen and oxygen atoms in total. The summed E-state index contributed by atoms with van der Waals surface area (Å²) in [6.45, 7) is 2.69. The van der Waals surface area contributed by atoms with Crippen LogP contribution in [0.25, 0.3) is 0 Å². The summed E-state index contributed by atoms with van der Waals surface area (Å²) in [7, 11) is -2.12. The predicted molar refractivity (Wildman–Crippen MR) is 114 cm³/mol. The standard InChI is InChI=1S/C21H30N4O4S/c1-21(15-22,16-7-8-16)24-20(26)14-23-18-13-17(9-10-19(18)29-2)30(27,28)25-11-5-3-4-6-12-25/h9-10,13,16,23H,3-8,11-12,14H2,1-2H3,(H,24,26). The van der Waals surface area contributed by atoms with E-state index in [1.165, 1.54) is 23.5 Å². The quantitative estimate of drug-likeness (QED) is 0.650. The van der Waals surface area contributed by atoms with Gasteiger partial charge in [-0.1, -0.05) is 12.8 Å². The molecule has 2 N–H and O–H groups in total. The van der Waals surface area contributed by atoms with Crippen molar-refractivity contribution in [3.63, 3.8) is 0 Å². The highest BCUT2D eigenvalue weighted by Crippen LogP contribution is 2.39. The summed E-state index contributed by atoms with van der Waals surface area (Å²) in [5.41, 5.74) is -0.450. The zero-order valence-corrected chi connectivity index (χ0v) is 18.4. The molecule has 1 atom stereocenters. The second-order valence-corrected chi connectivity index (χ2v) is 10.1. The van der Waals surface area contributed by atoms with E-state index >= 15 is 0 Å². The van der Waals surface area contributed by atoms with Gasteiger partial charge in [0.1, 0.15) is 11.3 Å². The van der Waals surface area contributed by atoms with Gasteiger partial charge in [-0.2, -0.15) is 9.57 Å². The number of hydrogen-bond acceptors (Lipinski definition) is 6. The number of ether oxygens (including phenoxy) is 1. The Morgan fingerprint density at radius 2 is 1.93 bits per heavy atom. The average Bonchev–Trinajstić information content (AvgIpc) is 3.59. The van der Waals surface area contributed by atoms with E-state index < -0.39 is 15.6 Å². The minimum Gasteiger partial charge on any atom is -0.495 e. The van der Waals surface area contributed by atoms with Crippen LogP contribution >= 0.6 is 0 Å². The summed E-state index contributed by atoms with van der Waals surface area (Å²) in [4.78, 5) is 12.6. The van der Waals surface area contributed by atoms with Gasteiger partial charge < -0.3 is 15.4 Å². The lowest BCUT2D eigenvalue weighted by Gasteiger charge is -2.23. The molecule has 1 aromatic rings. The molecule has 1 aliphatic carbocycles. The average molecular weight is 435 g/mol. The number of carbonyl (C=O) groups excluding carboxylic acids is 1. The molecule has 0 spiro atoms. The number of nitrogens with one attached hydrogen (secondary N) is 2. The zero-order chi connectivity index (χ0) is 21.8. The van der Waals surface area contributed by atoms with E-state index in [-0.39, 0.29) is 23.3 Å². The Labute approximate surface area is 178 Å². The Morgan fingerprint density at radius 1 is 1.27 bits per heavy atom. The Hall–Kier alpha value is -2.31. The third kappa shape index (κ3) is 5.05. The number of methoxy groups -OCH3 is 1. The van der Waals surface area contributed by atoms with Crippen LogP contribution < -0.4 is 15.4 Å². The number of benzene rings is 1. The van der Waals surface area contributed by atoms with Crippen LogP contribution in [0.3, 0.4) is 0 Å². The molecule has 1 amide bonds. The SMILES string of the molecule is COc1ccc(S(=O)(=O)N2CCCCCC2)cc1NCC(=O)NC(C)(C#N)C1CC1. The van der Waals surface area contributed by atoms with Crippen molar-refractivity contribution in [1.29, 1.82) is 5.26 Å². The van der Waals surface area contributed by atoms with E-state index in [1.807, 2.05) is 0 Å². The molecule has 1 saturated heterocycles. The molecular formula is C21H30N4O4S. The molecule has 2 fully saturated rings. The molecule has 1 heterocycles. The molecule has 0 bridgehead atoms. The van der Waals surface area contributed by atoms with E-state index in [2.05, 4.69) is 16.7 Å². The number of anilines is 1. The summed E-state index contributed by atoms with van der Waals surface area (Å²) < 4.78 is 33.0. The minimum absolute atomic E-state index is 0.0897. The van der Waals surface area contributed by atoms with Gasteiger partial charge in [0.25, 0.3) is 0 Å². The van der Waals surface area contributed by atoms with Gasteiger partial charge in [0, 0.05) is 13.1 Å². The lowest BCUT2D eigenvalue weighted by molar-refractivity contribution is -0.120. The third-order valence-corrected chi connectivity index (χ3v) is 7.73. The van der Waals surface area contributed by atoms with Crippen molar-refractivity contribution in [3.05, 3.63) is 18.2 Å². The molecule has 9 heteroatoms. The first-order valence-electron chi connectivity index (χ1n) is 10.4. The summed E-state index contributed by atoms with van der Waals surface area (Å²) in [5.74, 6) is 0.305. The fourth-order valence-electron chi connectivity index (χ4n) is 3.81. The zero-order valence-electron chi connectivity index (χ0n) is 17.6. The summed E-state index contributed by atoms with van der Waals surface area (Å²) in [5, 5.41) is 15.2. The van der Waals surface area contributed by atoms with Crippen LogP contribution in [0, 0.1) is 17.2 Å². The summed E-state index contributed by atoms with van der Waals surface area (Å²) in [6.07, 6.45) is 5.67. The van der Waals surface area contributed by atoms with Gasteiger partial charge in [-0.25, -0.2) is 8.42 Å². The van der Waals surface area contributed by atoms with Gasteiger partial charge in [-0.05, 0) is 56.7 Å². The van der Waals surface area contributed by atoms with Gasteiger partial charge >= 0.3 is 0 Å². The van der Waals surface area contributed by atoms with Crippen LogP contribution in [-0.2, 0) is 14.8 Å². The lowest BCUT2D eigenvalue weighted by atomic mass is 9.98. The molecule has 1 saturated carbocycles. The van der Waals surface area contributed by atoms with Gasteiger partial charge in [-0.15, -0.1) is 0 Å². The fourth-order valence-corrected chi connectivity index (χ4v) is 5.35. The van der Waals surface area contributed by atoms with Gasteiger partial charge in [0.05, 0.1) is 30.3 Å². The number of nitrogens with zero attached hydrogens (tertiary/aromatic N) is 2. The third-order valence-electron chi connectivity index (χ3n) is 5.84. The summed E-state index contributed by atoms with van der Waals surface area (Å²) >= 11 is 0. The van der Waals surface area contributed by atoms with Crippen LogP contribution in [0.2, 0.25) is 0 Å². The van der Waals surface area contributed by atoms with Gasteiger partial charge in [0.15, 0.2) is 0 Å². The fraction of sp³-hybridized carbons (Fsp3) is 0.619. The normalized spacial score (nSPS) is 19.8. The van der Waals surface area contributed by atoms with Gasteiger partial charge in [-0.3, -0.25) is 4.79 Å². The van der Waals surface area contributed by atoms with Crippen LogP contribution in [0.4, 0.5) is 5.69 Å². The van der Waals surface area contributed by atoms with Crippen molar-refractivity contribution in [2.24, 2.45) is 5.92 Å². The Morgan fingerprint density at radius 3 is 2.50 bits per heavy atom. The number of rotatable bonds is 8. The number of carbonyl (C=O) groups is 1. The topological polar surface area (TPSA) is 112 Å². The first-order valence-corrected chi connectivity index (χ1v) is 11.9. The maximum Gasteiger partial charge on any atom is 0.243 e. The molecule has 2 aliphatic rings. The van der Waals surface area contributed by atoms with E-state index in [0.29, 0.717) is 24.5 Å². The second-order valence-electron chi connectivity index (χ2n) is 8.17. The molecule has 1 unspecified atom stereocenters. The highest BCUT2D eigenvalue weighted by molar-refractivity contribution is 7.89. The Balaban J connectivity index is 1.73. The van der Waals surface area contributed by atoms with Gasteiger partial charge in [0.2, 0.25) is 15.9 Å². The monoisotopic (exact) mass is 434 g/mol. The first-order chi connectivity index (χ1) is 14.3. The number of amides is 1. The highest BCUT2D eigenvalue weighted by Gasteiger charge is 2.42. The first kappa shape index (κ1) is 22.4. The maximum absolute atomic E-state index is 13.1. The molecular weight excluding hydrogens is 404 g/mol. The largest absolute Gasteiger partial charge is 0.495 e. The van der Waals surface area contributed by atoms with Crippen molar-refractivity contribution in [2.75, 3.05) is 32.1 Å². The Bertz CT molecular complexity index is 915. The lowest BCUT2D eigenvalue weighted by Crippen LogP contribution is -2.48. The van der Waals surface area contributed by atoms with Crippen LogP contribution in [0.15, 0.2) is 23.1 Å². The Kier molecular flexibility index (Phi) is 6.88. The molecule has 164 valence electrons. The van der Waals surface area contributed by atoms with E-state index in [4.69, 9.17) is 4.74 Å². The smallest absolute Gasteiger partial charge is 0.243 e. The van der Waals surface area contributed by atoms with Crippen LogP contribution in [0.1, 0.15) is 45.4 Å². The van der Waals surface area contributed by atoms with E-state index in [9.17, 15) is 18.5 Å². The maximum atomic E-state index is 13.1. The molecule has 30 heavy (non-hydrogen) atoms. The minimum atomic E-state index is -3.61. The molecule has 1 aromatic carbocycles. The van der Waals surface area contributed by atoms with Crippen molar-refractivity contribution in [1.82, 2.24) is 9.62 Å². The molecule has 0 radical (unpaired) electrons. The van der Waals surface area contributed by atoms with Crippen molar-refractivity contribution in [2.45, 2.75) is 55.9 Å². The van der Waals surface area contributed by atoms with Crippen molar-refractivity contribution in [3.8, 4) is 11.8 Å². The highest BCUT2D eigenvalue weighted by atomic mass is 32.2. The second kappa shape index (κ2) is 9.23.